The molecule has 0 spiro atoms. The van der Waals surface area contributed by atoms with Gasteiger partial charge in [-0.2, -0.15) is 0 Å². The number of hydroxylamine groups is 2. The van der Waals surface area contributed by atoms with Gasteiger partial charge in [-0.1, -0.05) is 29.8 Å². The van der Waals surface area contributed by atoms with Gasteiger partial charge in [0.15, 0.2) is 0 Å². The fourth-order valence-corrected chi connectivity index (χ4v) is 2.14. The number of carbonyl (C=O) groups excluding carboxylic acids is 1. The molecule has 4 heteroatoms. The highest BCUT2D eigenvalue weighted by Gasteiger charge is 2.12. The van der Waals surface area contributed by atoms with Gasteiger partial charge in [0.1, 0.15) is 0 Å². The molecular formula is C16H16ClNO2. The van der Waals surface area contributed by atoms with Crippen LogP contribution in [0.3, 0.4) is 0 Å². The van der Waals surface area contributed by atoms with Crippen LogP contribution in [0.2, 0.25) is 5.02 Å². The largest absolute Gasteiger partial charge is 0.277 e. The fourth-order valence-electron chi connectivity index (χ4n) is 2.01. The third kappa shape index (κ3) is 3.00. The highest BCUT2D eigenvalue weighted by Crippen LogP contribution is 2.26. The Balaban J connectivity index is 2.35. The van der Waals surface area contributed by atoms with Crippen molar-refractivity contribution in [3.05, 3.63) is 58.6 Å². The van der Waals surface area contributed by atoms with Crippen LogP contribution < -0.4 is 0 Å². The smallest absolute Gasteiger partial charge is 0.274 e. The van der Waals surface area contributed by atoms with Gasteiger partial charge in [0.2, 0.25) is 0 Å². The molecule has 0 aliphatic heterocycles. The first-order valence-electron chi connectivity index (χ1n) is 6.21. The second-order valence-electron chi connectivity index (χ2n) is 4.52. The minimum atomic E-state index is -0.168. The number of hydrogen-bond donors (Lipinski definition) is 0. The Morgan fingerprint density at radius 2 is 1.80 bits per heavy atom. The van der Waals surface area contributed by atoms with E-state index >= 15 is 0 Å². The van der Waals surface area contributed by atoms with Crippen molar-refractivity contribution < 1.29 is 9.63 Å². The van der Waals surface area contributed by atoms with E-state index < -0.39 is 0 Å². The van der Waals surface area contributed by atoms with Gasteiger partial charge in [-0.3, -0.25) is 9.63 Å². The van der Waals surface area contributed by atoms with Crippen LogP contribution in [0.25, 0.3) is 11.1 Å². The van der Waals surface area contributed by atoms with Crippen molar-refractivity contribution in [2.45, 2.75) is 6.92 Å². The van der Waals surface area contributed by atoms with Crippen LogP contribution in [-0.2, 0) is 4.84 Å². The molecule has 0 N–H and O–H groups in total. The van der Waals surface area contributed by atoms with E-state index in [1.54, 1.807) is 13.1 Å². The van der Waals surface area contributed by atoms with Gasteiger partial charge in [-0.15, -0.1) is 0 Å². The van der Waals surface area contributed by atoms with Crippen LogP contribution >= 0.6 is 11.6 Å². The summed E-state index contributed by atoms with van der Waals surface area (Å²) in [6.07, 6.45) is 0. The summed E-state index contributed by atoms with van der Waals surface area (Å²) in [6.45, 7) is 1.98. The molecule has 2 aromatic carbocycles. The molecule has 0 saturated heterocycles. The lowest BCUT2D eigenvalue weighted by Crippen LogP contribution is -2.25. The molecule has 104 valence electrons. The number of benzene rings is 2. The third-order valence-electron chi connectivity index (χ3n) is 3.19. The van der Waals surface area contributed by atoms with Crippen molar-refractivity contribution in [2.24, 2.45) is 0 Å². The quantitative estimate of drug-likeness (QED) is 0.801. The Morgan fingerprint density at radius 1 is 1.15 bits per heavy atom. The summed E-state index contributed by atoms with van der Waals surface area (Å²) in [5.41, 5.74) is 3.79. The SMILES string of the molecule is CON(C)C(=O)c1ccc(-c2ccc(Cl)cc2)c(C)c1. The fraction of sp³-hybridized carbons (Fsp3) is 0.188. The summed E-state index contributed by atoms with van der Waals surface area (Å²) in [6, 6.07) is 13.2. The molecule has 20 heavy (non-hydrogen) atoms. The molecule has 0 aliphatic carbocycles. The number of hydrogen-bond acceptors (Lipinski definition) is 2. The molecule has 2 aromatic rings. The van der Waals surface area contributed by atoms with Gasteiger partial charge in [-0.05, 0) is 47.9 Å². The first-order valence-corrected chi connectivity index (χ1v) is 6.59. The van der Waals surface area contributed by atoms with E-state index in [-0.39, 0.29) is 5.91 Å². The molecule has 1 amide bonds. The van der Waals surface area contributed by atoms with Gasteiger partial charge >= 0.3 is 0 Å². The highest BCUT2D eigenvalue weighted by atomic mass is 35.5. The van der Waals surface area contributed by atoms with E-state index in [9.17, 15) is 4.79 Å². The zero-order valence-corrected chi connectivity index (χ0v) is 12.4. The van der Waals surface area contributed by atoms with Crippen LogP contribution in [0, 0.1) is 6.92 Å². The zero-order chi connectivity index (χ0) is 14.7. The lowest BCUT2D eigenvalue weighted by Gasteiger charge is -2.15. The summed E-state index contributed by atoms with van der Waals surface area (Å²) in [5.74, 6) is -0.168. The molecule has 3 nitrogen and oxygen atoms in total. The maximum Gasteiger partial charge on any atom is 0.277 e. The lowest BCUT2D eigenvalue weighted by molar-refractivity contribution is -0.0757. The lowest BCUT2D eigenvalue weighted by atomic mass is 9.98. The molecule has 2 rings (SSSR count). The molecule has 0 bridgehead atoms. The molecule has 0 radical (unpaired) electrons. The third-order valence-corrected chi connectivity index (χ3v) is 3.44. The number of aryl methyl sites for hydroxylation is 1. The number of rotatable bonds is 3. The monoisotopic (exact) mass is 289 g/mol. The van der Waals surface area contributed by atoms with Gasteiger partial charge in [0, 0.05) is 17.6 Å². The Bertz CT molecular complexity index is 623. The first kappa shape index (κ1) is 14.6. The predicted octanol–water partition coefficient (Wildman–Crippen LogP) is 3.95. The van der Waals surface area contributed by atoms with Crippen LogP contribution in [0.4, 0.5) is 0 Å². The van der Waals surface area contributed by atoms with E-state index in [2.05, 4.69) is 0 Å². The average molecular weight is 290 g/mol. The van der Waals surface area contributed by atoms with Crippen LogP contribution in [0.1, 0.15) is 15.9 Å². The number of amides is 1. The van der Waals surface area contributed by atoms with Crippen molar-refractivity contribution in [1.29, 1.82) is 0 Å². The van der Waals surface area contributed by atoms with Gasteiger partial charge < -0.3 is 0 Å². The Kier molecular flexibility index (Phi) is 4.42. The maximum atomic E-state index is 12.0. The summed E-state index contributed by atoms with van der Waals surface area (Å²) in [4.78, 5) is 16.9. The maximum absolute atomic E-state index is 12.0. The summed E-state index contributed by atoms with van der Waals surface area (Å²) in [7, 11) is 3.05. The van der Waals surface area contributed by atoms with Gasteiger partial charge in [0.05, 0.1) is 7.11 Å². The summed E-state index contributed by atoms with van der Waals surface area (Å²) in [5, 5.41) is 1.91. The minimum absolute atomic E-state index is 0.168. The van der Waals surface area contributed by atoms with Crippen LogP contribution in [0.5, 0.6) is 0 Å². The van der Waals surface area contributed by atoms with E-state index in [4.69, 9.17) is 16.4 Å². The normalized spacial score (nSPS) is 10.4. The molecule has 0 aliphatic rings. The zero-order valence-electron chi connectivity index (χ0n) is 11.7. The van der Waals surface area contributed by atoms with Crippen molar-refractivity contribution in [3.8, 4) is 11.1 Å². The van der Waals surface area contributed by atoms with Crippen molar-refractivity contribution in [3.63, 3.8) is 0 Å². The molecular weight excluding hydrogens is 274 g/mol. The summed E-state index contributed by atoms with van der Waals surface area (Å²) >= 11 is 5.89. The topological polar surface area (TPSA) is 29.5 Å². The van der Waals surface area contributed by atoms with Gasteiger partial charge in [0.25, 0.3) is 5.91 Å². The Labute approximate surface area is 123 Å². The Hall–Kier alpha value is -1.84. The second-order valence-corrected chi connectivity index (χ2v) is 4.96. The molecule has 0 fully saturated rings. The minimum Gasteiger partial charge on any atom is -0.274 e. The number of halogens is 1. The molecule has 0 atom stereocenters. The Morgan fingerprint density at radius 3 is 2.35 bits per heavy atom. The standard InChI is InChI=1S/C16H16ClNO2/c1-11-10-13(16(19)18(2)20-3)6-9-15(11)12-4-7-14(17)8-5-12/h4-10H,1-3H3. The first-order chi connectivity index (χ1) is 9.52. The number of nitrogens with zero attached hydrogens (tertiary/aromatic N) is 1. The number of carbonyl (C=O) groups is 1. The van der Waals surface area contributed by atoms with Crippen molar-refractivity contribution in [2.75, 3.05) is 14.2 Å². The van der Waals surface area contributed by atoms with E-state index in [0.29, 0.717) is 10.6 Å². The van der Waals surface area contributed by atoms with E-state index in [0.717, 1.165) is 16.7 Å². The molecule has 0 saturated carbocycles. The molecule has 0 heterocycles. The van der Waals surface area contributed by atoms with Gasteiger partial charge in [-0.25, -0.2) is 5.06 Å². The van der Waals surface area contributed by atoms with E-state index in [1.165, 1.54) is 12.2 Å². The van der Waals surface area contributed by atoms with Crippen LogP contribution in [0.15, 0.2) is 42.5 Å². The highest BCUT2D eigenvalue weighted by molar-refractivity contribution is 6.30. The van der Waals surface area contributed by atoms with Crippen LogP contribution in [-0.4, -0.2) is 25.1 Å². The van der Waals surface area contributed by atoms with Crippen molar-refractivity contribution in [1.82, 2.24) is 5.06 Å². The molecule has 0 aromatic heterocycles. The van der Waals surface area contributed by atoms with E-state index in [1.807, 2.05) is 43.3 Å². The second kappa shape index (κ2) is 6.07. The molecule has 0 unspecified atom stereocenters. The van der Waals surface area contributed by atoms with Crippen molar-refractivity contribution >= 4 is 17.5 Å². The average Bonchev–Trinajstić information content (AvgIpc) is 2.46. The summed E-state index contributed by atoms with van der Waals surface area (Å²) < 4.78 is 0. The predicted molar refractivity (Wildman–Crippen MR) is 80.7 cm³/mol.